The van der Waals surface area contributed by atoms with E-state index in [0.717, 1.165) is 32.5 Å². The van der Waals surface area contributed by atoms with Gasteiger partial charge in [0.05, 0.1) is 15.1 Å². The van der Waals surface area contributed by atoms with Crippen LogP contribution in [0.25, 0.3) is 10.2 Å². The Labute approximate surface area is 176 Å². The number of piperidine rings is 1. The van der Waals surface area contributed by atoms with Gasteiger partial charge in [-0.2, -0.15) is 4.31 Å². The molecule has 0 bridgehead atoms. The quantitative estimate of drug-likeness (QED) is 0.599. The van der Waals surface area contributed by atoms with E-state index in [-0.39, 0.29) is 6.10 Å². The van der Waals surface area contributed by atoms with Crippen LogP contribution in [0.4, 0.5) is 0 Å². The van der Waals surface area contributed by atoms with Crippen molar-refractivity contribution in [2.45, 2.75) is 51.5 Å². The highest BCUT2D eigenvalue weighted by atomic mass is 32.2. The lowest BCUT2D eigenvalue weighted by Gasteiger charge is -2.31. The zero-order chi connectivity index (χ0) is 20.8. The average molecular weight is 431 g/mol. The van der Waals surface area contributed by atoms with Gasteiger partial charge in [0.1, 0.15) is 6.10 Å². The summed E-state index contributed by atoms with van der Waals surface area (Å²) in [5.74, 6) is 0. The molecular weight excluding hydrogens is 404 g/mol. The molecule has 0 saturated carbocycles. The summed E-state index contributed by atoms with van der Waals surface area (Å²) in [5, 5.41) is 0.667. The number of aromatic nitrogens is 1. The van der Waals surface area contributed by atoms with Gasteiger partial charge >= 0.3 is 0 Å². The lowest BCUT2D eigenvalue weighted by molar-refractivity contribution is 0.135. The number of benzene rings is 2. The smallest absolute Gasteiger partial charge is 0.274 e. The third-order valence-electron chi connectivity index (χ3n) is 5.47. The van der Waals surface area contributed by atoms with Crippen LogP contribution < -0.4 is 4.74 Å². The maximum Gasteiger partial charge on any atom is 0.274 e. The van der Waals surface area contributed by atoms with Crippen molar-refractivity contribution in [3.05, 3.63) is 52.6 Å². The van der Waals surface area contributed by atoms with Gasteiger partial charge in [0.25, 0.3) is 5.19 Å². The fraction of sp³-hybridized carbons (Fsp3) is 0.409. The van der Waals surface area contributed by atoms with Crippen LogP contribution in [0.3, 0.4) is 0 Å². The second kappa shape index (κ2) is 7.70. The Balaban J connectivity index is 1.47. The zero-order valence-corrected chi connectivity index (χ0v) is 18.9. The third-order valence-corrected chi connectivity index (χ3v) is 8.59. The van der Waals surface area contributed by atoms with Crippen molar-refractivity contribution in [2.24, 2.45) is 0 Å². The van der Waals surface area contributed by atoms with Crippen LogP contribution in [-0.4, -0.2) is 36.9 Å². The van der Waals surface area contributed by atoms with E-state index in [1.54, 1.807) is 15.6 Å². The highest BCUT2D eigenvalue weighted by Gasteiger charge is 2.32. The number of nitrogens with zero attached hydrogens (tertiary/aromatic N) is 2. The van der Waals surface area contributed by atoms with Crippen LogP contribution in [0.1, 0.15) is 35.1 Å². The zero-order valence-electron chi connectivity index (χ0n) is 17.2. The molecule has 0 unspecified atom stereocenters. The molecule has 0 N–H and O–H groups in total. The summed E-state index contributed by atoms with van der Waals surface area (Å²) in [6, 6.07) is 9.99. The second-order valence-electron chi connectivity index (χ2n) is 7.85. The molecule has 1 saturated heterocycles. The maximum absolute atomic E-state index is 13.2. The van der Waals surface area contributed by atoms with Gasteiger partial charge in [-0.25, -0.2) is 13.4 Å². The van der Waals surface area contributed by atoms with Gasteiger partial charge in [0.2, 0.25) is 10.0 Å². The number of hydrogen-bond donors (Lipinski definition) is 0. The van der Waals surface area contributed by atoms with Gasteiger partial charge in [0, 0.05) is 13.1 Å². The number of aryl methyl sites for hydroxylation is 4. The number of para-hydroxylation sites is 1. The van der Waals surface area contributed by atoms with Gasteiger partial charge in [0.15, 0.2) is 0 Å². The van der Waals surface area contributed by atoms with Gasteiger partial charge in [-0.3, -0.25) is 0 Å². The van der Waals surface area contributed by atoms with E-state index in [1.807, 2.05) is 58.0 Å². The Morgan fingerprint density at radius 1 is 1.03 bits per heavy atom. The second-order valence-corrected chi connectivity index (χ2v) is 10.7. The summed E-state index contributed by atoms with van der Waals surface area (Å²) in [7, 11) is -3.50. The van der Waals surface area contributed by atoms with Crippen molar-refractivity contribution in [3.63, 3.8) is 0 Å². The SMILES string of the molecule is Cc1cc(C)c(S(=O)(=O)N2CCC(Oc3nc4c(C)cccc4s3)CC2)c(C)c1. The first kappa shape index (κ1) is 20.3. The molecule has 5 nitrogen and oxygen atoms in total. The fourth-order valence-electron chi connectivity index (χ4n) is 4.15. The first-order valence-electron chi connectivity index (χ1n) is 9.86. The molecule has 4 rings (SSSR count). The maximum atomic E-state index is 13.2. The molecule has 3 aromatic rings. The van der Waals surface area contributed by atoms with Crippen molar-refractivity contribution in [2.75, 3.05) is 13.1 Å². The van der Waals surface area contributed by atoms with E-state index in [2.05, 4.69) is 4.98 Å². The van der Waals surface area contributed by atoms with Crippen LogP contribution in [0.15, 0.2) is 35.2 Å². The van der Waals surface area contributed by atoms with Crippen molar-refractivity contribution in [3.8, 4) is 5.19 Å². The molecule has 1 aliphatic heterocycles. The van der Waals surface area contributed by atoms with E-state index in [4.69, 9.17) is 4.74 Å². The molecule has 2 aromatic carbocycles. The lowest BCUT2D eigenvalue weighted by atomic mass is 10.1. The van der Waals surface area contributed by atoms with Crippen LogP contribution >= 0.6 is 11.3 Å². The van der Waals surface area contributed by atoms with Gasteiger partial charge in [-0.1, -0.05) is 41.2 Å². The molecule has 1 aromatic heterocycles. The van der Waals surface area contributed by atoms with Crippen molar-refractivity contribution < 1.29 is 13.2 Å². The Bertz CT molecular complexity index is 1140. The molecule has 154 valence electrons. The molecule has 0 spiro atoms. The highest BCUT2D eigenvalue weighted by Crippen LogP contribution is 2.32. The Hall–Kier alpha value is -1.96. The van der Waals surface area contributed by atoms with E-state index >= 15 is 0 Å². The first-order valence-corrected chi connectivity index (χ1v) is 12.1. The van der Waals surface area contributed by atoms with Gasteiger partial charge in [-0.15, -0.1) is 0 Å². The fourth-order valence-corrected chi connectivity index (χ4v) is 6.99. The predicted octanol–water partition coefficient (Wildman–Crippen LogP) is 4.76. The summed E-state index contributed by atoms with van der Waals surface area (Å²) in [6.07, 6.45) is 1.32. The van der Waals surface area contributed by atoms with E-state index in [0.29, 0.717) is 36.0 Å². The first-order chi connectivity index (χ1) is 13.8. The topological polar surface area (TPSA) is 59.5 Å². The Morgan fingerprint density at radius 3 is 2.31 bits per heavy atom. The largest absolute Gasteiger partial charge is 0.467 e. The summed E-state index contributed by atoms with van der Waals surface area (Å²) in [4.78, 5) is 5.07. The number of rotatable bonds is 4. The molecule has 2 heterocycles. The Morgan fingerprint density at radius 2 is 1.69 bits per heavy atom. The van der Waals surface area contributed by atoms with Gasteiger partial charge < -0.3 is 4.74 Å². The van der Waals surface area contributed by atoms with E-state index < -0.39 is 10.0 Å². The Kier molecular flexibility index (Phi) is 5.40. The number of ether oxygens (including phenoxy) is 1. The summed E-state index contributed by atoms with van der Waals surface area (Å²) < 4.78 is 35.3. The minimum absolute atomic E-state index is 0.0115. The number of thiazole rings is 1. The molecule has 7 heteroatoms. The summed E-state index contributed by atoms with van der Waals surface area (Å²) in [6.45, 7) is 8.70. The van der Waals surface area contributed by atoms with Crippen molar-refractivity contribution >= 4 is 31.6 Å². The molecule has 0 radical (unpaired) electrons. The van der Waals surface area contributed by atoms with Crippen LogP contribution in [-0.2, 0) is 10.0 Å². The van der Waals surface area contributed by atoms with Crippen molar-refractivity contribution in [1.82, 2.24) is 9.29 Å². The van der Waals surface area contributed by atoms with Crippen LogP contribution in [0.5, 0.6) is 5.19 Å². The molecule has 0 amide bonds. The van der Waals surface area contributed by atoms with E-state index in [9.17, 15) is 8.42 Å². The number of hydrogen-bond acceptors (Lipinski definition) is 5. The molecule has 29 heavy (non-hydrogen) atoms. The normalized spacial score (nSPS) is 16.4. The predicted molar refractivity (Wildman–Crippen MR) is 117 cm³/mol. The minimum atomic E-state index is -3.50. The molecule has 0 atom stereocenters. The highest BCUT2D eigenvalue weighted by molar-refractivity contribution is 7.89. The number of sulfonamides is 1. The van der Waals surface area contributed by atoms with Gasteiger partial charge in [-0.05, 0) is 63.3 Å². The van der Waals surface area contributed by atoms with Crippen LogP contribution in [0, 0.1) is 27.7 Å². The lowest BCUT2D eigenvalue weighted by Crippen LogP contribution is -2.42. The summed E-state index contributed by atoms with van der Waals surface area (Å²) >= 11 is 1.55. The van der Waals surface area contributed by atoms with Crippen LogP contribution in [0.2, 0.25) is 0 Å². The minimum Gasteiger partial charge on any atom is -0.467 e. The van der Waals surface area contributed by atoms with Crippen molar-refractivity contribution in [1.29, 1.82) is 0 Å². The molecular formula is C22H26N2O3S2. The molecule has 0 aliphatic carbocycles. The van der Waals surface area contributed by atoms with E-state index in [1.165, 1.54) is 0 Å². The molecule has 1 fully saturated rings. The monoisotopic (exact) mass is 430 g/mol. The standard InChI is InChI=1S/C22H26N2O3S2/c1-14-12-16(3)21(17(4)13-14)29(25,26)24-10-8-18(9-11-24)27-22-23-20-15(2)6-5-7-19(20)28-22/h5-7,12-13,18H,8-11H2,1-4H3. The number of fused-ring (bicyclic) bond motifs is 1. The average Bonchev–Trinajstić information content (AvgIpc) is 3.05. The molecule has 1 aliphatic rings. The summed E-state index contributed by atoms with van der Waals surface area (Å²) in [5.41, 5.74) is 4.82. The third kappa shape index (κ3) is 3.91.